The Morgan fingerprint density at radius 3 is 2.32 bits per heavy atom. The van der Waals surface area contributed by atoms with Gasteiger partial charge in [0.1, 0.15) is 10.8 Å². The minimum Gasteiger partial charge on any atom is -0.497 e. The molecule has 3 aromatic rings. The predicted molar refractivity (Wildman–Crippen MR) is 107 cm³/mol. The third-order valence-corrected chi connectivity index (χ3v) is 4.93. The van der Waals surface area contributed by atoms with Crippen molar-refractivity contribution < 1.29 is 19.1 Å². The highest BCUT2D eigenvalue weighted by molar-refractivity contribution is 7.13. The van der Waals surface area contributed by atoms with E-state index in [1.807, 2.05) is 30.3 Å². The van der Waals surface area contributed by atoms with Crippen LogP contribution in [0, 0.1) is 0 Å². The molecule has 6 nitrogen and oxygen atoms in total. The van der Waals surface area contributed by atoms with Crippen molar-refractivity contribution in [2.24, 2.45) is 0 Å². The summed E-state index contributed by atoms with van der Waals surface area (Å²) >= 11 is 1.33. The number of aromatic nitrogens is 1. The summed E-state index contributed by atoms with van der Waals surface area (Å²) in [5, 5.41) is 2.31. The molecule has 1 aromatic heterocycles. The van der Waals surface area contributed by atoms with E-state index < -0.39 is 12.1 Å². The molecule has 1 amide bonds. The number of likely N-dealkylation sites (N-methyl/N-ethyl adjacent to an activating group) is 1. The summed E-state index contributed by atoms with van der Waals surface area (Å²) in [4.78, 5) is 30.9. The Hall–Kier alpha value is -3.19. The molecule has 0 N–H and O–H groups in total. The number of carbonyl (C=O) groups is 2. The summed E-state index contributed by atoms with van der Waals surface area (Å²) in [6.07, 6.45) is -1.02. The molecule has 28 heavy (non-hydrogen) atoms. The number of carbonyl (C=O) groups excluding carboxylic acids is 2. The van der Waals surface area contributed by atoms with E-state index in [1.54, 1.807) is 50.9 Å². The van der Waals surface area contributed by atoms with E-state index in [9.17, 15) is 9.59 Å². The number of rotatable bonds is 6. The number of hydrogen-bond donors (Lipinski definition) is 0. The Morgan fingerprint density at radius 2 is 1.71 bits per heavy atom. The maximum Gasteiger partial charge on any atom is 0.358 e. The fraction of sp³-hybridized carbons (Fsp3) is 0.190. The Morgan fingerprint density at radius 1 is 1.04 bits per heavy atom. The molecule has 0 saturated heterocycles. The lowest BCUT2D eigenvalue weighted by atomic mass is 10.1. The molecule has 0 bridgehead atoms. The minimum atomic E-state index is -1.02. The van der Waals surface area contributed by atoms with Gasteiger partial charge in [0.25, 0.3) is 5.91 Å². The molecule has 2 aromatic carbocycles. The van der Waals surface area contributed by atoms with E-state index in [0.29, 0.717) is 10.6 Å². The quantitative estimate of drug-likeness (QED) is 0.593. The minimum absolute atomic E-state index is 0.170. The number of amides is 1. The van der Waals surface area contributed by atoms with Crippen molar-refractivity contribution in [3.8, 4) is 16.3 Å². The zero-order chi connectivity index (χ0) is 20.1. The number of esters is 1. The fourth-order valence-electron chi connectivity index (χ4n) is 2.52. The van der Waals surface area contributed by atoms with Crippen LogP contribution in [0.4, 0.5) is 0 Å². The summed E-state index contributed by atoms with van der Waals surface area (Å²) in [6, 6.07) is 16.3. The van der Waals surface area contributed by atoms with Gasteiger partial charge in [-0.15, -0.1) is 11.3 Å². The van der Waals surface area contributed by atoms with Gasteiger partial charge in [0.15, 0.2) is 5.69 Å². The van der Waals surface area contributed by atoms with E-state index in [0.717, 1.165) is 11.3 Å². The van der Waals surface area contributed by atoms with Gasteiger partial charge in [0.2, 0.25) is 6.10 Å². The number of hydrogen-bond acceptors (Lipinski definition) is 6. The first-order valence-corrected chi connectivity index (χ1v) is 9.44. The predicted octanol–water partition coefficient (Wildman–Crippen LogP) is 3.81. The van der Waals surface area contributed by atoms with Crippen molar-refractivity contribution in [2.45, 2.75) is 6.10 Å². The van der Waals surface area contributed by atoms with Crippen LogP contribution in [0.25, 0.3) is 10.6 Å². The third kappa shape index (κ3) is 4.37. The zero-order valence-electron chi connectivity index (χ0n) is 15.8. The van der Waals surface area contributed by atoms with Crippen molar-refractivity contribution in [3.05, 3.63) is 71.2 Å². The molecule has 144 valence electrons. The van der Waals surface area contributed by atoms with Crippen molar-refractivity contribution in [2.75, 3.05) is 21.2 Å². The lowest BCUT2D eigenvalue weighted by Gasteiger charge is -2.20. The van der Waals surface area contributed by atoms with Crippen molar-refractivity contribution >= 4 is 23.2 Å². The standard InChI is InChI=1S/C21H20N2O4S/c1-23(2)20(24)18(14-7-5-4-6-8-14)27-21(25)17-13-28-19(22-17)15-9-11-16(26-3)12-10-15/h4-13,18H,1-3H3/t18-/m0/s1. The van der Waals surface area contributed by atoms with Gasteiger partial charge in [-0.05, 0) is 24.3 Å². The average Bonchev–Trinajstić information content (AvgIpc) is 3.22. The summed E-state index contributed by atoms with van der Waals surface area (Å²) < 4.78 is 10.7. The van der Waals surface area contributed by atoms with Gasteiger partial charge < -0.3 is 14.4 Å². The summed E-state index contributed by atoms with van der Waals surface area (Å²) in [6.45, 7) is 0. The average molecular weight is 396 g/mol. The van der Waals surface area contributed by atoms with Crippen LogP contribution in [-0.4, -0.2) is 43.0 Å². The highest BCUT2D eigenvalue weighted by atomic mass is 32.1. The van der Waals surface area contributed by atoms with Gasteiger partial charge in [-0.1, -0.05) is 30.3 Å². The molecule has 3 rings (SSSR count). The Balaban J connectivity index is 1.80. The fourth-order valence-corrected chi connectivity index (χ4v) is 3.32. The molecule has 1 heterocycles. The van der Waals surface area contributed by atoms with Gasteiger partial charge in [-0.3, -0.25) is 4.79 Å². The maximum atomic E-state index is 12.6. The Kier molecular flexibility index (Phi) is 6.06. The maximum absolute atomic E-state index is 12.6. The zero-order valence-corrected chi connectivity index (χ0v) is 16.6. The van der Waals surface area contributed by atoms with Crippen LogP contribution in [0.3, 0.4) is 0 Å². The van der Waals surface area contributed by atoms with Crippen LogP contribution >= 0.6 is 11.3 Å². The first-order chi connectivity index (χ1) is 13.5. The molecule has 7 heteroatoms. The van der Waals surface area contributed by atoms with Gasteiger partial charge in [-0.25, -0.2) is 9.78 Å². The van der Waals surface area contributed by atoms with Crippen LogP contribution in [0.1, 0.15) is 22.2 Å². The van der Waals surface area contributed by atoms with Crippen LogP contribution in [0.2, 0.25) is 0 Å². The second-order valence-electron chi connectivity index (χ2n) is 6.20. The topological polar surface area (TPSA) is 68.7 Å². The third-order valence-electron chi connectivity index (χ3n) is 4.04. The van der Waals surface area contributed by atoms with Gasteiger partial charge in [-0.2, -0.15) is 0 Å². The number of thiazole rings is 1. The van der Waals surface area contributed by atoms with E-state index in [2.05, 4.69) is 4.98 Å². The van der Waals surface area contributed by atoms with Crippen LogP contribution in [0.5, 0.6) is 5.75 Å². The molecule has 0 unspecified atom stereocenters. The largest absolute Gasteiger partial charge is 0.497 e. The number of methoxy groups -OCH3 is 1. The first kappa shape index (κ1) is 19.6. The van der Waals surface area contributed by atoms with Crippen molar-refractivity contribution in [3.63, 3.8) is 0 Å². The molecule has 0 aliphatic rings. The second-order valence-corrected chi connectivity index (χ2v) is 7.05. The lowest BCUT2D eigenvalue weighted by Crippen LogP contribution is -2.31. The summed E-state index contributed by atoms with van der Waals surface area (Å²) in [5.41, 5.74) is 1.65. The molecular formula is C21H20N2O4S. The highest BCUT2D eigenvalue weighted by Gasteiger charge is 2.28. The van der Waals surface area contributed by atoms with E-state index in [4.69, 9.17) is 9.47 Å². The Bertz CT molecular complexity index is 952. The molecule has 0 saturated carbocycles. The summed E-state index contributed by atoms with van der Waals surface area (Å²) in [7, 11) is 4.85. The van der Waals surface area contributed by atoms with E-state index >= 15 is 0 Å². The van der Waals surface area contributed by atoms with E-state index in [-0.39, 0.29) is 11.6 Å². The molecule has 0 spiro atoms. The summed E-state index contributed by atoms with van der Waals surface area (Å²) in [5.74, 6) is -0.210. The SMILES string of the molecule is COc1ccc(-c2nc(C(=O)O[C@H](C(=O)N(C)C)c3ccccc3)cs2)cc1. The number of benzene rings is 2. The van der Waals surface area contributed by atoms with E-state index in [1.165, 1.54) is 16.2 Å². The smallest absolute Gasteiger partial charge is 0.358 e. The number of ether oxygens (including phenoxy) is 2. The van der Waals surface area contributed by atoms with Crippen molar-refractivity contribution in [1.82, 2.24) is 9.88 Å². The van der Waals surface area contributed by atoms with Crippen molar-refractivity contribution in [1.29, 1.82) is 0 Å². The van der Waals surface area contributed by atoms with Gasteiger partial charge in [0, 0.05) is 30.6 Å². The molecule has 1 atom stereocenters. The van der Waals surface area contributed by atoms with Crippen LogP contribution in [-0.2, 0) is 9.53 Å². The normalized spacial score (nSPS) is 11.5. The molecule has 0 aliphatic heterocycles. The lowest BCUT2D eigenvalue weighted by molar-refractivity contribution is -0.138. The van der Waals surface area contributed by atoms with Gasteiger partial charge >= 0.3 is 5.97 Å². The molecule has 0 aliphatic carbocycles. The monoisotopic (exact) mass is 396 g/mol. The molecular weight excluding hydrogens is 376 g/mol. The molecule has 0 fully saturated rings. The van der Waals surface area contributed by atoms with Crippen LogP contribution in [0.15, 0.2) is 60.0 Å². The Labute approximate surface area is 167 Å². The second kappa shape index (κ2) is 8.67. The first-order valence-electron chi connectivity index (χ1n) is 8.56. The number of nitrogens with zero attached hydrogens (tertiary/aromatic N) is 2. The van der Waals surface area contributed by atoms with Crippen LogP contribution < -0.4 is 4.74 Å². The molecule has 0 radical (unpaired) electrons. The highest BCUT2D eigenvalue weighted by Crippen LogP contribution is 2.27. The van der Waals surface area contributed by atoms with Gasteiger partial charge in [0.05, 0.1) is 7.11 Å².